The van der Waals surface area contributed by atoms with E-state index in [0.29, 0.717) is 0 Å². The monoisotopic (exact) mass is 224 g/mol. The third-order valence-corrected chi connectivity index (χ3v) is 2.47. The van der Waals surface area contributed by atoms with E-state index < -0.39 is 0 Å². The number of benzene rings is 1. The lowest BCUT2D eigenvalue weighted by atomic mass is 9.82. The molecule has 1 N–H and O–H groups in total. The Bertz CT molecular complexity index is 361. The van der Waals surface area contributed by atoms with E-state index >= 15 is 0 Å². The van der Waals surface area contributed by atoms with Crippen molar-refractivity contribution in [1.29, 1.82) is 0 Å². The molecule has 0 bridgehead atoms. The van der Waals surface area contributed by atoms with Crippen LogP contribution in [0.2, 0.25) is 5.02 Å². The van der Waals surface area contributed by atoms with Gasteiger partial charge in [0.05, 0.1) is 6.61 Å². The first-order chi connectivity index (χ1) is 6.95. The van der Waals surface area contributed by atoms with Crippen LogP contribution in [0.5, 0.6) is 0 Å². The van der Waals surface area contributed by atoms with Gasteiger partial charge >= 0.3 is 0 Å². The molecule has 0 saturated carbocycles. The van der Waals surface area contributed by atoms with Crippen molar-refractivity contribution in [3.63, 3.8) is 0 Å². The van der Waals surface area contributed by atoms with Crippen LogP contribution >= 0.6 is 11.6 Å². The Labute approximate surface area is 96.4 Å². The molecule has 82 valence electrons. The largest absolute Gasteiger partial charge is 0.392 e. The summed E-state index contributed by atoms with van der Waals surface area (Å²) in [5.74, 6) is 0. The minimum atomic E-state index is 0.00735. The highest BCUT2D eigenvalue weighted by Gasteiger charge is 2.18. The fraction of sp³-hybridized carbons (Fsp3) is 0.385. The second kappa shape index (κ2) is 4.82. The Kier molecular flexibility index (Phi) is 3.95. The molecule has 1 aromatic carbocycles. The molecule has 1 aromatic rings. The maximum atomic E-state index is 9.02. The molecule has 0 aliphatic carbocycles. The van der Waals surface area contributed by atoms with Crippen molar-refractivity contribution < 1.29 is 5.11 Å². The Balaban J connectivity index is 3.17. The summed E-state index contributed by atoms with van der Waals surface area (Å²) in [7, 11) is 0. The van der Waals surface area contributed by atoms with Gasteiger partial charge in [-0.25, -0.2) is 0 Å². The average Bonchev–Trinajstić information content (AvgIpc) is 2.12. The van der Waals surface area contributed by atoms with Crippen molar-refractivity contribution in [3.8, 4) is 0 Å². The van der Waals surface area contributed by atoms with Crippen LogP contribution in [0.1, 0.15) is 26.3 Å². The highest BCUT2D eigenvalue weighted by Crippen LogP contribution is 2.34. The normalized spacial score (nSPS) is 13.0. The smallest absolute Gasteiger partial charge is 0.0618 e. The van der Waals surface area contributed by atoms with Crippen molar-refractivity contribution in [2.24, 2.45) is 5.41 Å². The molecule has 1 rings (SSSR count). The minimum absolute atomic E-state index is 0.00735. The number of allylic oxidation sites excluding steroid dienone is 1. The van der Waals surface area contributed by atoms with Crippen LogP contribution in [0.15, 0.2) is 30.3 Å². The molecule has 0 unspecified atom stereocenters. The molecule has 0 aliphatic heterocycles. The van der Waals surface area contributed by atoms with Crippen LogP contribution in [0.3, 0.4) is 0 Å². The predicted molar refractivity (Wildman–Crippen MR) is 66.0 cm³/mol. The highest BCUT2D eigenvalue weighted by molar-refractivity contribution is 6.30. The maximum absolute atomic E-state index is 9.02. The first kappa shape index (κ1) is 12.3. The van der Waals surface area contributed by atoms with Gasteiger partial charge in [-0.15, -0.1) is 0 Å². The molecular weight excluding hydrogens is 208 g/mol. The van der Waals surface area contributed by atoms with Crippen molar-refractivity contribution in [1.82, 2.24) is 0 Å². The SMILES string of the molecule is CC(C)(C)C(=CCO)c1cccc(Cl)c1. The fourth-order valence-electron chi connectivity index (χ4n) is 1.60. The molecule has 0 fully saturated rings. The van der Waals surface area contributed by atoms with E-state index in [1.165, 1.54) is 0 Å². The summed E-state index contributed by atoms with van der Waals surface area (Å²) in [5.41, 5.74) is 2.20. The van der Waals surface area contributed by atoms with Crippen LogP contribution in [0, 0.1) is 5.41 Å². The zero-order valence-corrected chi connectivity index (χ0v) is 10.2. The standard InChI is InChI=1S/C13H17ClO/c1-13(2,3)12(7-8-15)10-5-4-6-11(14)9-10/h4-7,9,15H,8H2,1-3H3. The second-order valence-electron chi connectivity index (χ2n) is 4.56. The molecule has 0 aromatic heterocycles. The molecular formula is C13H17ClO. The van der Waals surface area contributed by atoms with Gasteiger partial charge in [0.1, 0.15) is 0 Å². The van der Waals surface area contributed by atoms with E-state index in [0.717, 1.165) is 16.2 Å². The molecule has 15 heavy (non-hydrogen) atoms. The molecule has 0 spiro atoms. The fourth-order valence-corrected chi connectivity index (χ4v) is 1.79. The Morgan fingerprint density at radius 3 is 2.53 bits per heavy atom. The van der Waals surface area contributed by atoms with Crippen LogP contribution in [0.25, 0.3) is 5.57 Å². The van der Waals surface area contributed by atoms with Crippen molar-refractivity contribution in [3.05, 3.63) is 40.9 Å². The lowest BCUT2D eigenvalue weighted by Gasteiger charge is -2.23. The van der Waals surface area contributed by atoms with Gasteiger partial charge in [0.15, 0.2) is 0 Å². The van der Waals surface area contributed by atoms with Gasteiger partial charge in [-0.05, 0) is 28.7 Å². The molecule has 0 atom stereocenters. The number of hydrogen-bond donors (Lipinski definition) is 1. The number of halogens is 1. The number of aliphatic hydroxyl groups is 1. The summed E-state index contributed by atoms with van der Waals surface area (Å²) in [6.45, 7) is 6.42. The summed E-state index contributed by atoms with van der Waals surface area (Å²) < 4.78 is 0. The molecule has 0 heterocycles. The van der Waals surface area contributed by atoms with Crippen LogP contribution < -0.4 is 0 Å². The highest BCUT2D eigenvalue weighted by atomic mass is 35.5. The Morgan fingerprint density at radius 2 is 2.07 bits per heavy atom. The van der Waals surface area contributed by atoms with Crippen molar-refractivity contribution in [2.45, 2.75) is 20.8 Å². The summed E-state index contributed by atoms with van der Waals surface area (Å²) in [4.78, 5) is 0. The van der Waals surface area contributed by atoms with Crippen LogP contribution in [-0.2, 0) is 0 Å². The van der Waals surface area contributed by atoms with E-state index in [1.807, 2.05) is 30.3 Å². The topological polar surface area (TPSA) is 20.2 Å². The first-order valence-electron chi connectivity index (χ1n) is 5.02. The molecule has 2 heteroatoms. The van der Waals surface area contributed by atoms with Crippen LogP contribution in [0.4, 0.5) is 0 Å². The van der Waals surface area contributed by atoms with E-state index in [9.17, 15) is 0 Å². The summed E-state index contributed by atoms with van der Waals surface area (Å²) in [5, 5.41) is 9.74. The zero-order valence-electron chi connectivity index (χ0n) is 9.42. The number of rotatable bonds is 2. The molecule has 0 saturated heterocycles. The molecule has 1 nitrogen and oxygen atoms in total. The van der Waals surface area contributed by atoms with Crippen molar-refractivity contribution >= 4 is 17.2 Å². The number of aliphatic hydroxyl groups excluding tert-OH is 1. The summed E-state index contributed by atoms with van der Waals surface area (Å²) in [6, 6.07) is 7.71. The van der Waals surface area contributed by atoms with Gasteiger partial charge in [0, 0.05) is 5.02 Å². The third kappa shape index (κ3) is 3.37. The van der Waals surface area contributed by atoms with E-state index in [-0.39, 0.29) is 12.0 Å². The summed E-state index contributed by atoms with van der Waals surface area (Å²) >= 11 is 5.95. The average molecular weight is 225 g/mol. The second-order valence-corrected chi connectivity index (χ2v) is 5.00. The van der Waals surface area contributed by atoms with E-state index in [1.54, 1.807) is 0 Å². The van der Waals surface area contributed by atoms with E-state index in [2.05, 4.69) is 20.8 Å². The quantitative estimate of drug-likeness (QED) is 0.811. The minimum Gasteiger partial charge on any atom is -0.392 e. The molecule has 0 amide bonds. The van der Waals surface area contributed by atoms with Gasteiger partial charge in [-0.2, -0.15) is 0 Å². The van der Waals surface area contributed by atoms with Gasteiger partial charge in [0.25, 0.3) is 0 Å². The van der Waals surface area contributed by atoms with E-state index in [4.69, 9.17) is 16.7 Å². The summed E-state index contributed by atoms with van der Waals surface area (Å²) in [6.07, 6.45) is 1.84. The van der Waals surface area contributed by atoms with Crippen LogP contribution in [-0.4, -0.2) is 11.7 Å². The van der Waals surface area contributed by atoms with Gasteiger partial charge < -0.3 is 5.11 Å². The maximum Gasteiger partial charge on any atom is 0.0618 e. The van der Waals surface area contributed by atoms with Gasteiger partial charge in [-0.3, -0.25) is 0 Å². The Hall–Kier alpha value is -0.790. The lowest BCUT2D eigenvalue weighted by Crippen LogP contribution is -2.09. The third-order valence-electron chi connectivity index (χ3n) is 2.24. The van der Waals surface area contributed by atoms with Gasteiger partial charge in [0.2, 0.25) is 0 Å². The molecule has 0 aliphatic rings. The predicted octanol–water partition coefficient (Wildman–Crippen LogP) is 3.76. The number of hydrogen-bond acceptors (Lipinski definition) is 1. The zero-order chi connectivity index (χ0) is 11.5. The van der Waals surface area contributed by atoms with Gasteiger partial charge in [-0.1, -0.05) is 50.6 Å². The molecule has 0 radical (unpaired) electrons. The first-order valence-corrected chi connectivity index (χ1v) is 5.40. The Morgan fingerprint density at radius 1 is 1.40 bits per heavy atom. The lowest BCUT2D eigenvalue weighted by molar-refractivity contribution is 0.341. The van der Waals surface area contributed by atoms with Crippen molar-refractivity contribution in [2.75, 3.05) is 6.61 Å².